The van der Waals surface area contributed by atoms with Crippen LogP contribution >= 0.6 is 0 Å². The largest absolute Gasteiger partial charge is 0.355 e. The molecule has 0 radical (unpaired) electrons. The lowest BCUT2D eigenvalue weighted by molar-refractivity contribution is -0.122. The molecule has 3 nitrogen and oxygen atoms in total. The number of hydrogen-bond acceptors (Lipinski definition) is 2. The van der Waals surface area contributed by atoms with Gasteiger partial charge in [-0.05, 0) is 31.7 Å². The average Bonchev–Trinajstić information content (AvgIpc) is 2.11. The van der Waals surface area contributed by atoms with E-state index in [-0.39, 0.29) is 11.9 Å². The van der Waals surface area contributed by atoms with E-state index in [2.05, 4.69) is 38.3 Å². The third-order valence-electron chi connectivity index (χ3n) is 2.27. The Morgan fingerprint density at radius 3 is 2.33 bits per heavy atom. The van der Waals surface area contributed by atoms with Crippen molar-refractivity contribution in [3.05, 3.63) is 0 Å². The standard InChI is InChI=1S/C12H26N2O/c1-6-8-14-11(15)10(2)13-9-7-12(3,4)5/h10,13H,6-9H2,1-5H3,(H,14,15). The minimum atomic E-state index is -0.0844. The van der Waals surface area contributed by atoms with E-state index in [9.17, 15) is 4.79 Å². The molecular weight excluding hydrogens is 188 g/mol. The summed E-state index contributed by atoms with van der Waals surface area (Å²) in [4.78, 5) is 11.5. The number of amides is 1. The molecule has 1 atom stereocenters. The van der Waals surface area contributed by atoms with Crippen LogP contribution in [0.1, 0.15) is 47.5 Å². The van der Waals surface area contributed by atoms with Crippen molar-refractivity contribution in [3.63, 3.8) is 0 Å². The maximum atomic E-state index is 11.5. The molecule has 90 valence electrons. The van der Waals surface area contributed by atoms with Gasteiger partial charge in [-0.15, -0.1) is 0 Å². The normalized spacial score (nSPS) is 13.7. The molecule has 0 aromatic rings. The maximum absolute atomic E-state index is 11.5. The third kappa shape index (κ3) is 8.43. The van der Waals surface area contributed by atoms with Crippen molar-refractivity contribution in [2.45, 2.75) is 53.5 Å². The molecule has 0 aliphatic heterocycles. The lowest BCUT2D eigenvalue weighted by Gasteiger charge is -2.20. The van der Waals surface area contributed by atoms with Gasteiger partial charge >= 0.3 is 0 Å². The lowest BCUT2D eigenvalue weighted by atomic mass is 9.92. The first-order valence-electron chi connectivity index (χ1n) is 5.88. The van der Waals surface area contributed by atoms with Crippen LogP contribution in [0.3, 0.4) is 0 Å². The third-order valence-corrected chi connectivity index (χ3v) is 2.27. The SMILES string of the molecule is CCCNC(=O)C(C)NCCC(C)(C)C. The fourth-order valence-electron chi connectivity index (χ4n) is 1.16. The molecule has 0 aromatic carbocycles. The second-order valence-corrected chi connectivity index (χ2v) is 5.28. The number of carbonyl (C=O) groups excluding carboxylic acids is 1. The molecule has 1 unspecified atom stereocenters. The van der Waals surface area contributed by atoms with Crippen molar-refractivity contribution in [2.24, 2.45) is 5.41 Å². The second kappa shape index (κ2) is 6.83. The van der Waals surface area contributed by atoms with Gasteiger partial charge in [-0.25, -0.2) is 0 Å². The zero-order valence-electron chi connectivity index (χ0n) is 10.8. The average molecular weight is 214 g/mol. The minimum absolute atomic E-state index is 0.0844. The summed E-state index contributed by atoms with van der Waals surface area (Å²) < 4.78 is 0. The molecule has 0 aliphatic carbocycles. The van der Waals surface area contributed by atoms with Gasteiger partial charge in [-0.2, -0.15) is 0 Å². The summed E-state index contributed by atoms with van der Waals surface area (Å²) in [6, 6.07) is -0.0844. The van der Waals surface area contributed by atoms with E-state index in [1.54, 1.807) is 0 Å². The maximum Gasteiger partial charge on any atom is 0.236 e. The van der Waals surface area contributed by atoms with Crippen molar-refractivity contribution < 1.29 is 4.79 Å². The van der Waals surface area contributed by atoms with Crippen molar-refractivity contribution >= 4 is 5.91 Å². The Hall–Kier alpha value is -0.570. The van der Waals surface area contributed by atoms with E-state index < -0.39 is 0 Å². The molecule has 0 aliphatic rings. The molecule has 2 N–H and O–H groups in total. The number of hydrogen-bond donors (Lipinski definition) is 2. The van der Waals surface area contributed by atoms with Gasteiger partial charge < -0.3 is 10.6 Å². The summed E-state index contributed by atoms with van der Waals surface area (Å²) in [6.07, 6.45) is 2.07. The monoisotopic (exact) mass is 214 g/mol. The van der Waals surface area contributed by atoms with Crippen molar-refractivity contribution in [2.75, 3.05) is 13.1 Å². The van der Waals surface area contributed by atoms with E-state index in [4.69, 9.17) is 0 Å². The van der Waals surface area contributed by atoms with E-state index in [0.29, 0.717) is 5.41 Å². The molecular formula is C12H26N2O. The highest BCUT2D eigenvalue weighted by atomic mass is 16.2. The molecule has 0 saturated heterocycles. The van der Waals surface area contributed by atoms with Crippen LogP contribution < -0.4 is 10.6 Å². The van der Waals surface area contributed by atoms with Gasteiger partial charge in [0.2, 0.25) is 5.91 Å². The molecule has 15 heavy (non-hydrogen) atoms. The predicted molar refractivity (Wildman–Crippen MR) is 64.8 cm³/mol. The quantitative estimate of drug-likeness (QED) is 0.709. The first kappa shape index (κ1) is 14.4. The first-order chi connectivity index (χ1) is 6.87. The fraction of sp³-hybridized carbons (Fsp3) is 0.917. The zero-order valence-corrected chi connectivity index (χ0v) is 10.8. The molecule has 3 heteroatoms. The number of nitrogens with one attached hydrogen (secondary N) is 2. The molecule has 0 fully saturated rings. The van der Waals surface area contributed by atoms with Gasteiger partial charge in [0.15, 0.2) is 0 Å². The Labute approximate surface area is 94.0 Å². The summed E-state index contributed by atoms with van der Waals surface area (Å²) in [5, 5.41) is 6.11. The van der Waals surface area contributed by atoms with Crippen LogP contribution in [0.25, 0.3) is 0 Å². The number of carbonyl (C=O) groups is 1. The van der Waals surface area contributed by atoms with Gasteiger partial charge in [0.1, 0.15) is 0 Å². The predicted octanol–water partition coefficient (Wildman–Crippen LogP) is 1.93. The van der Waals surface area contributed by atoms with E-state index in [1.165, 1.54) is 0 Å². The topological polar surface area (TPSA) is 41.1 Å². The Morgan fingerprint density at radius 2 is 1.87 bits per heavy atom. The van der Waals surface area contributed by atoms with Crippen LogP contribution in [0.5, 0.6) is 0 Å². The highest BCUT2D eigenvalue weighted by Gasteiger charge is 2.13. The molecule has 0 saturated carbocycles. The van der Waals surface area contributed by atoms with Crippen LogP contribution in [-0.2, 0) is 4.79 Å². The molecule has 0 bridgehead atoms. The first-order valence-corrected chi connectivity index (χ1v) is 5.88. The van der Waals surface area contributed by atoms with Crippen LogP contribution in [0.15, 0.2) is 0 Å². The molecule has 0 rings (SSSR count). The highest BCUT2D eigenvalue weighted by Crippen LogP contribution is 2.16. The summed E-state index contributed by atoms with van der Waals surface area (Å²) in [6.45, 7) is 12.2. The minimum Gasteiger partial charge on any atom is -0.355 e. The fourth-order valence-corrected chi connectivity index (χ4v) is 1.16. The van der Waals surface area contributed by atoms with Crippen molar-refractivity contribution in [1.29, 1.82) is 0 Å². The molecule has 1 amide bonds. The summed E-state index contributed by atoms with van der Waals surface area (Å²) in [5.74, 6) is 0.103. The van der Waals surface area contributed by atoms with Gasteiger partial charge in [-0.3, -0.25) is 4.79 Å². The van der Waals surface area contributed by atoms with Crippen LogP contribution in [-0.4, -0.2) is 25.0 Å². The Balaban J connectivity index is 3.64. The summed E-state index contributed by atoms with van der Waals surface area (Å²) in [7, 11) is 0. The number of rotatable bonds is 6. The molecule has 0 spiro atoms. The van der Waals surface area contributed by atoms with Crippen LogP contribution in [0, 0.1) is 5.41 Å². The van der Waals surface area contributed by atoms with Gasteiger partial charge in [0, 0.05) is 6.54 Å². The van der Waals surface area contributed by atoms with Gasteiger partial charge in [0.05, 0.1) is 6.04 Å². The lowest BCUT2D eigenvalue weighted by Crippen LogP contribution is -2.43. The smallest absolute Gasteiger partial charge is 0.236 e. The highest BCUT2D eigenvalue weighted by molar-refractivity contribution is 5.81. The molecule has 0 heterocycles. The van der Waals surface area contributed by atoms with E-state index in [0.717, 1.165) is 25.9 Å². The Kier molecular flexibility index (Phi) is 6.57. The van der Waals surface area contributed by atoms with Gasteiger partial charge in [-0.1, -0.05) is 27.7 Å². The zero-order chi connectivity index (χ0) is 11.9. The van der Waals surface area contributed by atoms with Crippen LogP contribution in [0.4, 0.5) is 0 Å². The van der Waals surface area contributed by atoms with E-state index >= 15 is 0 Å². The second-order valence-electron chi connectivity index (χ2n) is 5.28. The van der Waals surface area contributed by atoms with Crippen LogP contribution in [0.2, 0.25) is 0 Å². The van der Waals surface area contributed by atoms with Gasteiger partial charge in [0.25, 0.3) is 0 Å². The molecule has 0 aromatic heterocycles. The van der Waals surface area contributed by atoms with Crippen molar-refractivity contribution in [3.8, 4) is 0 Å². The Bertz CT molecular complexity index is 185. The Morgan fingerprint density at radius 1 is 1.27 bits per heavy atom. The summed E-state index contributed by atoms with van der Waals surface area (Å²) >= 11 is 0. The van der Waals surface area contributed by atoms with E-state index in [1.807, 2.05) is 6.92 Å². The summed E-state index contributed by atoms with van der Waals surface area (Å²) in [5.41, 5.74) is 0.326. The van der Waals surface area contributed by atoms with Crippen molar-refractivity contribution in [1.82, 2.24) is 10.6 Å².